The smallest absolute Gasteiger partial charge is 0.211 e. The van der Waals surface area contributed by atoms with E-state index in [0.717, 1.165) is 0 Å². The first-order valence-corrected chi connectivity index (χ1v) is 16.2. The number of rotatable bonds is 6. The van der Waals surface area contributed by atoms with Crippen LogP contribution in [-0.4, -0.2) is 40.5 Å². The maximum atomic E-state index is 13.0. The van der Waals surface area contributed by atoms with Crippen LogP contribution in [0.3, 0.4) is 0 Å². The van der Waals surface area contributed by atoms with Crippen molar-refractivity contribution in [2.75, 3.05) is 0 Å². The molecule has 0 aliphatic rings. The summed E-state index contributed by atoms with van der Waals surface area (Å²) in [5.41, 5.74) is 4.74. The number of aromatic nitrogens is 4. The molecule has 0 bridgehead atoms. The molecule has 0 radical (unpaired) electrons. The Morgan fingerprint density at radius 1 is 0.708 bits per heavy atom. The molecule has 0 spiro atoms. The Morgan fingerprint density at radius 3 is 1.42 bits per heavy atom. The van der Waals surface area contributed by atoms with Crippen molar-refractivity contribution >= 4 is 92.9 Å². The van der Waals surface area contributed by atoms with Crippen LogP contribution in [0.2, 0.25) is 0 Å². The summed E-state index contributed by atoms with van der Waals surface area (Å²) in [6.07, 6.45) is 4.85. The van der Waals surface area contributed by atoms with E-state index in [9.17, 15) is 19.8 Å². The van der Waals surface area contributed by atoms with Gasteiger partial charge >= 0.3 is 0 Å². The minimum absolute atomic E-state index is 0. The summed E-state index contributed by atoms with van der Waals surface area (Å²) in [7, 11) is 0. The van der Waals surface area contributed by atoms with Crippen molar-refractivity contribution in [3.63, 3.8) is 0 Å². The van der Waals surface area contributed by atoms with Gasteiger partial charge in [-0.15, -0.1) is 24.8 Å². The standard InChI is InChI=1S/2C17H12IN3O2.2ClH/c2*1-2-13-15(21-6-4-3-5-14(21)20-13)17(23)10-7-11(9-19)16(22)12(18)8-10;;/h2*3-8,22H,2H2,1H3;2*1H. The molecule has 0 amide bonds. The summed E-state index contributed by atoms with van der Waals surface area (Å²) in [5.74, 6) is -0.623. The quantitative estimate of drug-likeness (QED) is 0.129. The van der Waals surface area contributed by atoms with Gasteiger partial charge in [0, 0.05) is 23.5 Å². The van der Waals surface area contributed by atoms with Crippen molar-refractivity contribution < 1.29 is 19.8 Å². The number of hydrogen-bond acceptors (Lipinski definition) is 8. The summed E-state index contributed by atoms with van der Waals surface area (Å²) >= 11 is 3.82. The van der Waals surface area contributed by atoms with Crippen molar-refractivity contribution in [1.82, 2.24) is 18.8 Å². The predicted molar refractivity (Wildman–Crippen MR) is 202 cm³/mol. The Kier molecular flexibility index (Phi) is 12.9. The first-order chi connectivity index (χ1) is 22.1. The molecular formula is C34H26Cl2I2N6O4. The average Bonchev–Trinajstić information content (AvgIpc) is 3.65. The van der Waals surface area contributed by atoms with E-state index in [1.807, 2.05) is 108 Å². The van der Waals surface area contributed by atoms with Crippen LogP contribution in [0.1, 0.15) is 68.5 Å². The number of nitriles is 2. The number of ketones is 2. The summed E-state index contributed by atoms with van der Waals surface area (Å²) < 4.78 is 4.45. The van der Waals surface area contributed by atoms with Crippen LogP contribution in [0.25, 0.3) is 11.3 Å². The van der Waals surface area contributed by atoms with Gasteiger partial charge in [-0.2, -0.15) is 10.5 Å². The molecule has 14 heteroatoms. The second-order valence-electron chi connectivity index (χ2n) is 9.97. The number of aromatic hydroxyl groups is 2. The molecule has 0 saturated carbocycles. The Bertz CT molecular complexity index is 2110. The third-order valence-electron chi connectivity index (χ3n) is 7.20. The highest BCUT2D eigenvalue weighted by atomic mass is 127. The van der Waals surface area contributed by atoms with E-state index >= 15 is 0 Å². The molecule has 0 saturated heterocycles. The van der Waals surface area contributed by atoms with Gasteiger partial charge in [0.25, 0.3) is 0 Å². The number of phenolic OH excluding ortho intramolecular Hbond substituents is 2. The predicted octanol–water partition coefficient (Wildman–Crippen LogP) is 7.46. The van der Waals surface area contributed by atoms with E-state index < -0.39 is 0 Å². The van der Waals surface area contributed by atoms with Gasteiger partial charge in [-0.05, 0) is 107 Å². The highest BCUT2D eigenvalue weighted by Gasteiger charge is 2.23. The number of fused-ring (bicyclic) bond motifs is 2. The van der Waals surface area contributed by atoms with Crippen molar-refractivity contribution in [2.45, 2.75) is 26.7 Å². The van der Waals surface area contributed by atoms with Crippen LogP contribution in [-0.2, 0) is 12.8 Å². The largest absolute Gasteiger partial charge is 0.505 e. The van der Waals surface area contributed by atoms with E-state index in [-0.39, 0.29) is 59.0 Å². The zero-order chi connectivity index (χ0) is 33.1. The van der Waals surface area contributed by atoms with Gasteiger partial charge in [-0.3, -0.25) is 18.4 Å². The Labute approximate surface area is 315 Å². The first kappa shape index (κ1) is 38.2. The molecule has 6 rings (SSSR count). The maximum absolute atomic E-state index is 13.0. The number of benzene rings is 2. The molecule has 10 nitrogen and oxygen atoms in total. The summed E-state index contributed by atoms with van der Waals surface area (Å²) in [6, 6.07) is 20.9. The third-order valence-corrected chi connectivity index (χ3v) is 8.84. The van der Waals surface area contributed by atoms with Gasteiger partial charge in [-0.1, -0.05) is 26.0 Å². The number of aryl methyl sites for hydroxylation is 2. The fourth-order valence-electron chi connectivity index (χ4n) is 4.97. The van der Waals surface area contributed by atoms with E-state index in [4.69, 9.17) is 10.5 Å². The molecule has 0 aliphatic carbocycles. The highest BCUT2D eigenvalue weighted by Crippen LogP contribution is 2.29. The maximum Gasteiger partial charge on any atom is 0.211 e. The number of carbonyl (C=O) groups is 2. The molecule has 2 aromatic carbocycles. The summed E-state index contributed by atoms with van der Waals surface area (Å²) in [6.45, 7) is 3.89. The highest BCUT2D eigenvalue weighted by molar-refractivity contribution is 14.1. The number of nitrogens with zero attached hydrogens (tertiary/aromatic N) is 6. The number of hydrogen-bond donors (Lipinski definition) is 2. The lowest BCUT2D eigenvalue weighted by Crippen LogP contribution is -2.09. The van der Waals surface area contributed by atoms with Crippen LogP contribution in [0, 0.1) is 29.8 Å². The first-order valence-electron chi connectivity index (χ1n) is 14.0. The lowest BCUT2D eigenvalue weighted by atomic mass is 10.0. The van der Waals surface area contributed by atoms with Crippen molar-refractivity contribution in [3.8, 4) is 23.6 Å². The number of halogens is 4. The minimum atomic E-state index is -0.213. The summed E-state index contributed by atoms with van der Waals surface area (Å²) in [5, 5.41) is 37.9. The zero-order valence-electron chi connectivity index (χ0n) is 25.3. The van der Waals surface area contributed by atoms with Gasteiger partial charge in [0.05, 0.1) is 29.7 Å². The minimum Gasteiger partial charge on any atom is -0.505 e. The van der Waals surface area contributed by atoms with Gasteiger partial charge in [0.15, 0.2) is 0 Å². The molecular weight excluding hydrogens is 881 g/mol. The topological polar surface area (TPSA) is 157 Å². The van der Waals surface area contributed by atoms with Crippen LogP contribution < -0.4 is 0 Å². The van der Waals surface area contributed by atoms with E-state index in [0.29, 0.717) is 65.2 Å². The fourth-order valence-corrected chi connectivity index (χ4v) is 6.22. The Hall–Kier alpha value is -4.22. The molecule has 0 aliphatic heterocycles. The molecule has 0 atom stereocenters. The number of pyridine rings is 2. The van der Waals surface area contributed by atoms with Crippen LogP contribution in [0.4, 0.5) is 0 Å². The van der Waals surface area contributed by atoms with E-state index in [1.54, 1.807) is 33.3 Å². The Balaban J connectivity index is 0.000000250. The fraction of sp³-hybridized carbons (Fsp3) is 0.118. The van der Waals surface area contributed by atoms with E-state index in [1.165, 1.54) is 12.1 Å². The number of phenols is 2. The molecule has 4 heterocycles. The van der Waals surface area contributed by atoms with Crippen molar-refractivity contribution in [2.24, 2.45) is 0 Å². The second kappa shape index (κ2) is 16.3. The van der Waals surface area contributed by atoms with Crippen molar-refractivity contribution in [3.05, 3.63) is 125 Å². The average molecular weight is 907 g/mol. The molecule has 0 unspecified atom stereocenters. The SMILES string of the molecule is CCc1nc2ccccn2c1C(=O)c1cc(I)c(O)c(C#N)c1.CCc1nc2ccccn2c1C(=O)c1cc(I)c(O)c(C#N)c1.Cl.Cl. The lowest BCUT2D eigenvalue weighted by molar-refractivity contribution is 0.102. The molecule has 48 heavy (non-hydrogen) atoms. The Morgan fingerprint density at radius 2 is 1.08 bits per heavy atom. The van der Waals surface area contributed by atoms with Crippen molar-refractivity contribution in [1.29, 1.82) is 10.5 Å². The van der Waals surface area contributed by atoms with Crippen LogP contribution in [0.5, 0.6) is 11.5 Å². The molecule has 2 N–H and O–H groups in total. The molecule has 6 aromatic rings. The van der Waals surface area contributed by atoms with Crippen LogP contribution >= 0.6 is 70.0 Å². The van der Waals surface area contributed by atoms with Gasteiger partial charge in [-0.25, -0.2) is 9.97 Å². The van der Waals surface area contributed by atoms with Crippen LogP contribution in [0.15, 0.2) is 73.1 Å². The molecule has 244 valence electrons. The van der Waals surface area contributed by atoms with Gasteiger partial charge in [0.1, 0.15) is 46.3 Å². The van der Waals surface area contributed by atoms with Gasteiger partial charge in [0.2, 0.25) is 11.6 Å². The molecule has 4 aromatic heterocycles. The number of carbonyl (C=O) groups excluding carboxylic acids is 2. The molecule has 0 fully saturated rings. The monoisotopic (exact) mass is 906 g/mol. The van der Waals surface area contributed by atoms with Gasteiger partial charge < -0.3 is 10.2 Å². The number of imidazole rings is 2. The normalized spacial score (nSPS) is 10.2. The third kappa shape index (κ3) is 7.27. The summed E-state index contributed by atoms with van der Waals surface area (Å²) in [4.78, 5) is 34.9. The zero-order valence-corrected chi connectivity index (χ0v) is 31.3. The van der Waals surface area contributed by atoms with E-state index in [2.05, 4.69) is 9.97 Å². The second-order valence-corrected chi connectivity index (χ2v) is 12.3. The lowest BCUT2D eigenvalue weighted by Gasteiger charge is -2.06.